The van der Waals surface area contributed by atoms with Crippen molar-refractivity contribution in [3.63, 3.8) is 0 Å². The highest BCUT2D eigenvalue weighted by Crippen LogP contribution is 2.16. The molecule has 0 unspecified atom stereocenters. The van der Waals surface area contributed by atoms with E-state index in [4.69, 9.17) is 50.6 Å². The molecule has 2 rings (SSSR count). The summed E-state index contributed by atoms with van der Waals surface area (Å²) >= 11 is 9.82. The number of hydrogen-bond acceptors (Lipinski definition) is 27. The first kappa shape index (κ1) is 113. The van der Waals surface area contributed by atoms with Crippen LogP contribution in [0.5, 0.6) is 5.75 Å². The van der Waals surface area contributed by atoms with Crippen molar-refractivity contribution in [3.05, 3.63) is 65.7 Å². The van der Waals surface area contributed by atoms with E-state index in [0.717, 1.165) is 0 Å². The molecule has 0 aromatic heterocycles. The van der Waals surface area contributed by atoms with E-state index in [1.54, 1.807) is 50.4 Å². The molecular formula is C78H127N27O21S3. The molecule has 0 aliphatic heterocycles. The summed E-state index contributed by atoms with van der Waals surface area (Å²) in [5.74, 6) is -21.3. The van der Waals surface area contributed by atoms with Crippen molar-refractivity contribution < 1.29 is 102 Å². The van der Waals surface area contributed by atoms with E-state index in [1.165, 1.54) is 63.7 Å². The average molecular weight is 1880 g/mol. The van der Waals surface area contributed by atoms with Gasteiger partial charge in [-0.15, -0.1) is 0 Å². The van der Waals surface area contributed by atoms with Gasteiger partial charge in [-0.1, -0.05) is 70.2 Å². The van der Waals surface area contributed by atoms with Crippen LogP contribution < -0.4 is 130 Å². The number of aliphatic carboxylic acids is 1. The van der Waals surface area contributed by atoms with Crippen LogP contribution in [0.4, 0.5) is 0 Å². The Morgan fingerprint density at radius 1 is 0.395 bits per heavy atom. The molecule has 48 nitrogen and oxygen atoms in total. The number of carboxylic acids is 1. The number of carbonyl (C=O) groups is 18. The zero-order valence-electron chi connectivity index (χ0n) is 72.8. The Labute approximate surface area is 760 Å². The summed E-state index contributed by atoms with van der Waals surface area (Å²) in [6.45, 7) is 7.26. The number of guanidine groups is 3. The summed E-state index contributed by atoms with van der Waals surface area (Å²) in [5, 5.41) is 97.3. The number of primary amides is 2. The van der Waals surface area contributed by atoms with E-state index in [-0.39, 0.29) is 107 Å². The molecule has 17 amide bonds. The number of amides is 17. The lowest BCUT2D eigenvalue weighted by Crippen LogP contribution is -2.62. The number of nitrogens with one attached hydrogen (secondary N) is 21. The van der Waals surface area contributed by atoms with Gasteiger partial charge in [-0.05, 0) is 119 Å². The number of carbonyl (C=O) groups excluding carboxylic acids is 17. The molecule has 51 heteroatoms. The average Bonchev–Trinajstić information content (AvgIpc) is 0.855. The van der Waals surface area contributed by atoms with Crippen LogP contribution in [0.15, 0.2) is 54.6 Å². The van der Waals surface area contributed by atoms with E-state index < -0.39 is 253 Å². The molecule has 718 valence electrons. The lowest BCUT2D eigenvalue weighted by molar-refractivity contribution is -0.139. The van der Waals surface area contributed by atoms with Crippen molar-refractivity contribution in [2.75, 3.05) is 56.3 Å². The van der Waals surface area contributed by atoms with Gasteiger partial charge in [-0.2, -0.15) is 37.0 Å². The van der Waals surface area contributed by atoms with E-state index in [0.29, 0.717) is 16.9 Å². The number of aromatic hydroxyl groups is 1. The van der Waals surface area contributed by atoms with Crippen LogP contribution in [0.25, 0.3) is 0 Å². The van der Waals surface area contributed by atoms with Gasteiger partial charge in [-0.25, -0.2) is 0 Å². The number of nitrogens with two attached hydrogens (primary N) is 6. The number of benzene rings is 2. The van der Waals surface area contributed by atoms with Gasteiger partial charge in [0.05, 0.1) is 25.6 Å². The summed E-state index contributed by atoms with van der Waals surface area (Å²) in [6, 6.07) is -9.36. The third-order valence-electron chi connectivity index (χ3n) is 19.0. The zero-order chi connectivity index (χ0) is 97.3. The Bertz CT molecular complexity index is 4160. The molecule has 2 aromatic carbocycles. The van der Waals surface area contributed by atoms with Crippen LogP contribution >= 0.6 is 37.0 Å². The van der Waals surface area contributed by atoms with Crippen LogP contribution in [-0.2, 0) is 99.1 Å². The predicted molar refractivity (Wildman–Crippen MR) is 481 cm³/mol. The summed E-state index contributed by atoms with van der Waals surface area (Å²) in [5.41, 5.74) is 33.9. The molecular weight excluding hydrogens is 1750 g/mol. The van der Waals surface area contributed by atoms with Gasteiger partial charge < -0.3 is 145 Å². The van der Waals surface area contributed by atoms with E-state index >= 15 is 0 Å². The minimum Gasteiger partial charge on any atom is -0.508 e. The molecule has 36 N–H and O–H groups in total. The minimum absolute atomic E-state index is 0.00135. The number of thioether (sulfide) groups is 1. The molecule has 0 spiro atoms. The maximum atomic E-state index is 14.6. The third-order valence-corrected chi connectivity index (χ3v) is 20.4. The topological polar surface area (TPSA) is 812 Å². The molecule has 129 heavy (non-hydrogen) atoms. The van der Waals surface area contributed by atoms with E-state index in [1.807, 2.05) is 0 Å². The summed E-state index contributed by atoms with van der Waals surface area (Å²) in [4.78, 5) is 246. The van der Waals surface area contributed by atoms with Gasteiger partial charge in [0, 0.05) is 50.4 Å². The normalized spacial score (nSPS) is 14.5. The number of thiol groups is 2. The molecule has 0 bridgehead atoms. The second-order valence-electron chi connectivity index (χ2n) is 30.7. The molecule has 2 aromatic rings. The van der Waals surface area contributed by atoms with Crippen molar-refractivity contribution in [2.24, 2.45) is 46.2 Å². The standard InChI is InChI=1S/C78H127N27O21S3/c1-38(2)30-50(69(120)95-46(17-12-27-89-77(84)85)65(116)94-47(18-13-28-90-78(86)87)66(117)103-55(36-127)73(124)97-49(25-29-129-7)68(119)100-51(64(115)91-34-58(81)109)32-43-19-21-44(107)22-20-43)98-62(113)41(6)92-61(112)40(5)93-75(126)60(39(3)4)105-72(123)54(35-106)102-67(118)48(23-24-59(110)111)96-70(121)52(31-42-14-9-8-10-15-42)101-74(125)56(37-128)104-71(122)53(33-57(80)108)99-63(114)45(79)16-11-26-88-76(82)83/h8-10,14-15,19-22,38-41,45-56,60,106-107,127-128H,11-13,16-18,23-37,79H2,1-7H3,(H2,80,108)(H2,81,109)(H,91,115)(H,92,112)(H,93,126)(H,94,116)(H,95,120)(H,96,121)(H,97,124)(H,98,113)(H,99,114)(H,100,119)(H,101,125)(H,102,118)(H,103,117)(H,104,122)(H,105,123)(H,110,111)(H4,82,83,88)(H4,84,85,89)(H4,86,87,90)/t40-,41-,45-,46-,47-,48-,49-,50-,51-,52-,53-,54-,55-,56-,60-/m0/s1. The Morgan fingerprint density at radius 3 is 1.19 bits per heavy atom. The number of hydrogen-bond donors (Lipinski definition) is 32. The van der Waals surface area contributed by atoms with Crippen molar-refractivity contribution in [1.82, 2.24) is 95.7 Å². The van der Waals surface area contributed by atoms with Gasteiger partial charge in [0.25, 0.3) is 0 Å². The van der Waals surface area contributed by atoms with Crippen LogP contribution in [0.3, 0.4) is 0 Å². The lowest BCUT2D eigenvalue weighted by atomic mass is 10.0. The molecule has 0 heterocycles. The summed E-state index contributed by atoms with van der Waals surface area (Å²) in [7, 11) is 0. The first-order valence-corrected chi connectivity index (χ1v) is 43.8. The first-order chi connectivity index (χ1) is 60.7. The van der Waals surface area contributed by atoms with Crippen LogP contribution in [0, 0.1) is 28.1 Å². The van der Waals surface area contributed by atoms with Gasteiger partial charge in [0.1, 0.15) is 90.3 Å². The SMILES string of the molecule is CSCC[C@H](NC(=O)[C@H](CS)NC(=O)[C@H](CCCNC(=N)N)NC(=O)[C@H](CCCNC(=N)N)NC(=O)[C@H](CC(C)C)NC(=O)[C@H](C)NC(=O)[C@H](C)NC(=O)[C@@H](NC(=O)[C@H](CO)NC(=O)[C@H](CCC(=O)O)NC(=O)[C@H](Cc1ccccc1)NC(=O)[C@H](CS)NC(=O)[C@H](CC(N)=O)NC(=O)[C@@H](N)CCCNC(=N)N)C(C)C)C(=O)N[C@@H](Cc1ccc(O)cc1)C(=O)NCC(N)=O. The Hall–Kier alpha value is -12.5. The zero-order valence-corrected chi connectivity index (χ0v) is 75.4. The van der Waals surface area contributed by atoms with Gasteiger partial charge in [0.2, 0.25) is 100 Å². The largest absolute Gasteiger partial charge is 0.508 e. The fraction of sp³-hybridized carbons (Fsp3) is 0.577. The van der Waals surface area contributed by atoms with Crippen molar-refractivity contribution in [2.45, 2.75) is 216 Å². The number of carboxylic acid groups (broad SMARTS) is 1. The van der Waals surface area contributed by atoms with Gasteiger partial charge in [0.15, 0.2) is 17.9 Å². The number of rotatable bonds is 61. The Balaban J connectivity index is 2.39. The van der Waals surface area contributed by atoms with Crippen molar-refractivity contribution in [1.29, 1.82) is 16.2 Å². The maximum absolute atomic E-state index is 14.6. The number of aliphatic hydroxyl groups excluding tert-OH is 1. The fourth-order valence-electron chi connectivity index (χ4n) is 12.0. The van der Waals surface area contributed by atoms with Crippen LogP contribution in [-0.4, -0.2) is 287 Å². The second-order valence-corrected chi connectivity index (χ2v) is 32.4. The first-order valence-electron chi connectivity index (χ1n) is 41.2. The smallest absolute Gasteiger partial charge is 0.303 e. The molecule has 0 aliphatic rings. The molecule has 0 saturated heterocycles. The molecule has 0 fully saturated rings. The number of phenols is 1. The Kier molecular flexibility index (Phi) is 51.9. The monoisotopic (exact) mass is 1870 g/mol. The van der Waals surface area contributed by atoms with Crippen molar-refractivity contribution >= 4 is 161 Å². The second kappa shape index (κ2) is 59.5. The Morgan fingerprint density at radius 2 is 0.760 bits per heavy atom. The van der Waals surface area contributed by atoms with Gasteiger partial charge >= 0.3 is 5.97 Å². The van der Waals surface area contributed by atoms with Crippen LogP contribution in [0.2, 0.25) is 0 Å². The van der Waals surface area contributed by atoms with Crippen molar-refractivity contribution in [3.8, 4) is 5.75 Å². The van der Waals surface area contributed by atoms with Crippen LogP contribution in [0.1, 0.15) is 123 Å². The highest BCUT2D eigenvalue weighted by atomic mass is 32.2. The molecule has 0 radical (unpaired) electrons. The lowest BCUT2D eigenvalue weighted by Gasteiger charge is -2.28. The fourth-order valence-corrected chi connectivity index (χ4v) is 13.0. The van der Waals surface area contributed by atoms with E-state index in [9.17, 15) is 102 Å². The highest BCUT2D eigenvalue weighted by molar-refractivity contribution is 7.98. The summed E-state index contributed by atoms with van der Waals surface area (Å²) in [6.07, 6.45) is -0.978. The number of phenolic OH excluding ortho intramolecular Hbond substituents is 1. The quantitative estimate of drug-likeness (QED) is 0.0127. The maximum Gasteiger partial charge on any atom is 0.303 e. The molecule has 15 atom stereocenters. The van der Waals surface area contributed by atoms with E-state index in [2.05, 4.69) is 121 Å². The summed E-state index contributed by atoms with van der Waals surface area (Å²) < 4.78 is 0. The predicted octanol–water partition coefficient (Wildman–Crippen LogP) is -9.23. The molecule has 0 saturated carbocycles. The number of aliphatic hydroxyl groups is 1. The highest BCUT2D eigenvalue weighted by Gasteiger charge is 2.39. The molecule has 0 aliphatic carbocycles. The third kappa shape index (κ3) is 44.7. The minimum atomic E-state index is -1.93. The van der Waals surface area contributed by atoms with Gasteiger partial charge in [-0.3, -0.25) is 103 Å².